The highest BCUT2D eigenvalue weighted by molar-refractivity contribution is 6.11. The Hall–Kier alpha value is -5.56. The van der Waals surface area contributed by atoms with Gasteiger partial charge in [0.1, 0.15) is 5.75 Å². The number of benzene rings is 6. The van der Waals surface area contributed by atoms with Gasteiger partial charge in [0, 0.05) is 35.4 Å². The molecule has 6 aromatic rings. The number of nitro benzene ring substituents is 2. The Bertz CT molecular complexity index is 1910. The molecule has 0 unspecified atom stereocenters. The summed E-state index contributed by atoms with van der Waals surface area (Å²) in [5.74, 6) is 0.0635. The summed E-state index contributed by atoms with van der Waals surface area (Å²) in [6.07, 6.45) is 0. The normalized spacial score (nSPS) is 11.1. The van der Waals surface area contributed by atoms with E-state index in [0.29, 0.717) is 16.7 Å². The van der Waals surface area contributed by atoms with Crippen LogP contribution in [-0.2, 0) is 0 Å². The molecule has 0 bridgehead atoms. The molecule has 6 rings (SSSR count). The van der Waals surface area contributed by atoms with Crippen LogP contribution in [0.1, 0.15) is 0 Å². The van der Waals surface area contributed by atoms with Crippen molar-refractivity contribution < 1.29 is 15.0 Å². The molecule has 0 atom stereocenters. The molecular weight excluding hydrogens is 492 g/mol. The van der Waals surface area contributed by atoms with Gasteiger partial charge in [-0.1, -0.05) is 48.5 Å². The third-order valence-electron chi connectivity index (χ3n) is 6.95. The van der Waals surface area contributed by atoms with E-state index in [1.54, 1.807) is 24.3 Å². The van der Waals surface area contributed by atoms with E-state index in [0.717, 1.165) is 38.2 Å². The fourth-order valence-electron chi connectivity index (χ4n) is 5.05. The summed E-state index contributed by atoms with van der Waals surface area (Å²) in [4.78, 5) is 21.5. The predicted molar refractivity (Wildman–Crippen MR) is 153 cm³/mol. The molecule has 7 nitrogen and oxygen atoms in total. The molecule has 7 heteroatoms. The van der Waals surface area contributed by atoms with Gasteiger partial charge in [0.05, 0.1) is 9.85 Å². The van der Waals surface area contributed by atoms with E-state index in [-0.39, 0.29) is 17.1 Å². The third-order valence-corrected chi connectivity index (χ3v) is 6.95. The van der Waals surface area contributed by atoms with Crippen LogP contribution in [0.2, 0.25) is 0 Å². The van der Waals surface area contributed by atoms with Crippen LogP contribution in [0.25, 0.3) is 54.9 Å². The second-order valence-electron chi connectivity index (χ2n) is 9.22. The quantitative estimate of drug-likeness (QED) is 0.184. The van der Waals surface area contributed by atoms with Gasteiger partial charge in [0.2, 0.25) is 0 Å². The standard InChI is InChI=1S/C32H20N2O5/c35-32-29(21-11-15-26(16-12-21)34(38)39)18-23-6-2-4-8-28(23)31(32)30-19-24(17-22-5-1-3-7-27(22)30)20-9-13-25(14-10-20)33(36)37/h1-19,35H. The molecule has 6 aromatic carbocycles. The second-order valence-corrected chi connectivity index (χ2v) is 9.22. The maximum Gasteiger partial charge on any atom is 0.269 e. The molecule has 0 aliphatic heterocycles. The Labute approximate surface area is 222 Å². The topological polar surface area (TPSA) is 107 Å². The van der Waals surface area contributed by atoms with Crippen LogP contribution >= 0.6 is 0 Å². The van der Waals surface area contributed by atoms with Gasteiger partial charge in [-0.2, -0.15) is 0 Å². The second kappa shape index (κ2) is 9.39. The lowest BCUT2D eigenvalue weighted by Crippen LogP contribution is -1.92. The summed E-state index contributed by atoms with van der Waals surface area (Å²) in [6.45, 7) is 0. The van der Waals surface area contributed by atoms with E-state index < -0.39 is 9.85 Å². The van der Waals surface area contributed by atoms with Crippen molar-refractivity contribution in [3.8, 4) is 39.1 Å². The van der Waals surface area contributed by atoms with E-state index in [4.69, 9.17) is 0 Å². The highest BCUT2D eigenvalue weighted by atomic mass is 16.6. The molecule has 39 heavy (non-hydrogen) atoms. The molecule has 0 radical (unpaired) electrons. The molecule has 0 saturated carbocycles. The molecule has 0 aliphatic rings. The van der Waals surface area contributed by atoms with Gasteiger partial charge in [0.15, 0.2) is 0 Å². The number of hydrogen-bond donors (Lipinski definition) is 1. The molecule has 0 aromatic heterocycles. The summed E-state index contributed by atoms with van der Waals surface area (Å²) < 4.78 is 0. The molecule has 0 fully saturated rings. The smallest absolute Gasteiger partial charge is 0.269 e. The van der Waals surface area contributed by atoms with E-state index in [1.807, 2.05) is 66.7 Å². The number of aromatic hydroxyl groups is 1. The average molecular weight is 513 g/mol. The predicted octanol–water partition coefficient (Wildman–Crippen LogP) is 8.52. The van der Waals surface area contributed by atoms with Crippen LogP contribution in [-0.4, -0.2) is 15.0 Å². The van der Waals surface area contributed by atoms with Gasteiger partial charge in [-0.3, -0.25) is 20.2 Å². The van der Waals surface area contributed by atoms with Gasteiger partial charge in [0.25, 0.3) is 11.4 Å². The molecule has 0 heterocycles. The lowest BCUT2D eigenvalue weighted by Gasteiger charge is -2.17. The minimum atomic E-state index is -0.453. The lowest BCUT2D eigenvalue weighted by molar-refractivity contribution is -0.385. The minimum Gasteiger partial charge on any atom is -0.507 e. The first-order chi connectivity index (χ1) is 18.9. The molecule has 1 N–H and O–H groups in total. The molecule has 0 spiro atoms. The van der Waals surface area contributed by atoms with Gasteiger partial charge >= 0.3 is 0 Å². The Morgan fingerprint density at radius 2 is 1.03 bits per heavy atom. The zero-order valence-corrected chi connectivity index (χ0v) is 20.4. The van der Waals surface area contributed by atoms with Gasteiger partial charge in [-0.25, -0.2) is 0 Å². The zero-order chi connectivity index (χ0) is 27.1. The number of phenolic OH excluding ortho intramolecular Hbond substituents is 1. The van der Waals surface area contributed by atoms with Crippen LogP contribution in [0.4, 0.5) is 11.4 Å². The number of nitro groups is 2. The highest BCUT2D eigenvalue weighted by Crippen LogP contribution is 2.47. The summed E-state index contributed by atoms with van der Waals surface area (Å²) in [5, 5.41) is 37.8. The maximum atomic E-state index is 11.8. The highest BCUT2D eigenvalue weighted by Gasteiger charge is 2.19. The lowest BCUT2D eigenvalue weighted by atomic mass is 9.87. The Balaban J connectivity index is 1.64. The van der Waals surface area contributed by atoms with E-state index in [2.05, 4.69) is 0 Å². The van der Waals surface area contributed by atoms with Crippen molar-refractivity contribution in [1.82, 2.24) is 0 Å². The number of rotatable bonds is 5. The van der Waals surface area contributed by atoms with Crippen LogP contribution in [0.3, 0.4) is 0 Å². The minimum absolute atomic E-state index is 0.0131. The number of phenols is 1. The van der Waals surface area contributed by atoms with Crippen molar-refractivity contribution in [3.63, 3.8) is 0 Å². The average Bonchev–Trinajstić information content (AvgIpc) is 2.96. The first-order valence-corrected chi connectivity index (χ1v) is 12.2. The van der Waals surface area contributed by atoms with Crippen molar-refractivity contribution in [2.24, 2.45) is 0 Å². The van der Waals surface area contributed by atoms with Crippen LogP contribution in [0.15, 0.2) is 115 Å². The fourth-order valence-corrected chi connectivity index (χ4v) is 5.05. The van der Waals surface area contributed by atoms with Crippen molar-refractivity contribution >= 4 is 32.9 Å². The molecular formula is C32H20N2O5. The SMILES string of the molecule is O=[N+]([O-])c1ccc(-c2cc(-c3c(O)c(-c4ccc([N+](=O)[O-])cc4)cc4ccccc34)c3ccccc3c2)cc1. The van der Waals surface area contributed by atoms with Crippen LogP contribution in [0.5, 0.6) is 5.75 Å². The number of non-ortho nitro benzene ring substituents is 2. The first-order valence-electron chi connectivity index (χ1n) is 12.2. The van der Waals surface area contributed by atoms with Crippen LogP contribution < -0.4 is 0 Å². The Morgan fingerprint density at radius 3 is 1.62 bits per heavy atom. The Morgan fingerprint density at radius 1 is 0.513 bits per heavy atom. The molecule has 0 saturated heterocycles. The summed E-state index contributed by atoms with van der Waals surface area (Å²) >= 11 is 0. The van der Waals surface area contributed by atoms with E-state index in [1.165, 1.54) is 24.3 Å². The molecule has 0 aliphatic carbocycles. The third kappa shape index (κ3) is 4.22. The van der Waals surface area contributed by atoms with E-state index >= 15 is 0 Å². The van der Waals surface area contributed by atoms with Gasteiger partial charge in [-0.05, 0) is 86.3 Å². The van der Waals surface area contributed by atoms with Crippen molar-refractivity contribution in [2.45, 2.75) is 0 Å². The Kier molecular flexibility index (Phi) is 5.73. The fraction of sp³-hybridized carbons (Fsp3) is 0. The van der Waals surface area contributed by atoms with Gasteiger partial charge in [-0.15, -0.1) is 0 Å². The molecule has 188 valence electrons. The van der Waals surface area contributed by atoms with Gasteiger partial charge < -0.3 is 5.11 Å². The number of hydrogen-bond acceptors (Lipinski definition) is 5. The first kappa shape index (κ1) is 23.8. The molecule has 0 amide bonds. The largest absolute Gasteiger partial charge is 0.507 e. The van der Waals surface area contributed by atoms with E-state index in [9.17, 15) is 25.3 Å². The van der Waals surface area contributed by atoms with Crippen LogP contribution in [0, 0.1) is 20.2 Å². The summed E-state index contributed by atoms with van der Waals surface area (Å²) in [6, 6.07) is 34.1. The monoisotopic (exact) mass is 512 g/mol. The maximum absolute atomic E-state index is 11.8. The zero-order valence-electron chi connectivity index (χ0n) is 20.4. The summed E-state index contributed by atoms with van der Waals surface area (Å²) in [5.41, 5.74) is 4.30. The summed E-state index contributed by atoms with van der Waals surface area (Å²) in [7, 11) is 0. The van der Waals surface area contributed by atoms with Crippen molar-refractivity contribution in [2.75, 3.05) is 0 Å². The number of fused-ring (bicyclic) bond motifs is 2. The van der Waals surface area contributed by atoms with Crippen molar-refractivity contribution in [3.05, 3.63) is 135 Å². The number of nitrogens with zero attached hydrogens (tertiary/aromatic N) is 2. The van der Waals surface area contributed by atoms with Crippen molar-refractivity contribution in [1.29, 1.82) is 0 Å².